The molecule has 1 aliphatic carbocycles. The molecule has 0 unspecified atom stereocenters. The van der Waals surface area contributed by atoms with Crippen LogP contribution in [0.5, 0.6) is 11.6 Å². The van der Waals surface area contributed by atoms with Crippen LogP contribution in [0.1, 0.15) is 67.4 Å². The van der Waals surface area contributed by atoms with E-state index in [1.165, 1.54) is 4.90 Å². The summed E-state index contributed by atoms with van der Waals surface area (Å²) in [4.78, 5) is 31.1. The van der Waals surface area contributed by atoms with Gasteiger partial charge >= 0.3 is 12.1 Å². The molecule has 3 rings (SSSR count). The summed E-state index contributed by atoms with van der Waals surface area (Å²) < 4.78 is 66.3. The number of benzene rings is 1. The van der Waals surface area contributed by atoms with Crippen LogP contribution in [0.15, 0.2) is 24.4 Å². The Hall–Kier alpha value is -3.21. The van der Waals surface area contributed by atoms with Crippen molar-refractivity contribution in [3.63, 3.8) is 0 Å². The second-order valence-electron chi connectivity index (χ2n) is 9.20. The van der Waals surface area contributed by atoms with Crippen molar-refractivity contribution >= 4 is 17.6 Å². The number of anilines is 1. The van der Waals surface area contributed by atoms with E-state index in [1.54, 1.807) is 13.8 Å². The standard InChI is InChI=1S/C26H30F4N2O5/c1-15(2)32(24(34)17-7-5-4-6-8-17)21-13-20(27)22(12-18(21)25(35)36-3)37-23-19(26(28,29)30)11-16(9-10-33)14-31-23/h11-15,17,33H,4-10H2,1-3H3. The maximum absolute atomic E-state index is 15.3. The molecule has 0 radical (unpaired) electrons. The van der Waals surface area contributed by atoms with Crippen molar-refractivity contribution in [2.45, 2.75) is 64.6 Å². The molecule has 0 bridgehead atoms. The van der Waals surface area contributed by atoms with Gasteiger partial charge in [-0.15, -0.1) is 0 Å². The number of aliphatic hydroxyl groups is 1. The van der Waals surface area contributed by atoms with Gasteiger partial charge in [0.05, 0.1) is 18.4 Å². The van der Waals surface area contributed by atoms with E-state index in [2.05, 4.69) is 4.98 Å². The first kappa shape index (κ1) is 28.4. The number of aliphatic hydroxyl groups excluding tert-OH is 1. The largest absolute Gasteiger partial charge is 0.465 e. The van der Waals surface area contributed by atoms with E-state index >= 15 is 4.39 Å². The van der Waals surface area contributed by atoms with Crippen molar-refractivity contribution in [2.24, 2.45) is 5.92 Å². The number of carbonyl (C=O) groups excluding carboxylic acids is 2. The maximum atomic E-state index is 15.3. The van der Waals surface area contributed by atoms with E-state index < -0.39 is 41.2 Å². The topological polar surface area (TPSA) is 89.0 Å². The van der Waals surface area contributed by atoms with Crippen LogP contribution in [0.3, 0.4) is 0 Å². The lowest BCUT2D eigenvalue weighted by Gasteiger charge is -2.33. The summed E-state index contributed by atoms with van der Waals surface area (Å²) >= 11 is 0. The van der Waals surface area contributed by atoms with E-state index in [4.69, 9.17) is 14.6 Å². The maximum Gasteiger partial charge on any atom is 0.421 e. The predicted molar refractivity (Wildman–Crippen MR) is 127 cm³/mol. The summed E-state index contributed by atoms with van der Waals surface area (Å²) in [5.41, 5.74) is -1.44. The number of ether oxygens (including phenoxy) is 2. The highest BCUT2D eigenvalue weighted by molar-refractivity contribution is 6.04. The molecule has 37 heavy (non-hydrogen) atoms. The Morgan fingerprint density at radius 1 is 1.16 bits per heavy atom. The van der Waals surface area contributed by atoms with Crippen LogP contribution >= 0.6 is 0 Å². The molecule has 0 atom stereocenters. The van der Waals surface area contributed by atoms with Gasteiger partial charge in [-0.05, 0) is 44.7 Å². The average molecular weight is 527 g/mol. The number of hydrogen-bond donors (Lipinski definition) is 1. The van der Waals surface area contributed by atoms with Gasteiger partial charge in [0.2, 0.25) is 11.8 Å². The normalized spacial score (nSPS) is 14.5. The lowest BCUT2D eigenvalue weighted by molar-refractivity contribution is -0.139. The number of hydrogen-bond acceptors (Lipinski definition) is 6. The molecule has 1 amide bonds. The third-order valence-corrected chi connectivity index (χ3v) is 6.24. The number of esters is 1. The second-order valence-corrected chi connectivity index (χ2v) is 9.20. The Labute approximate surface area is 212 Å². The van der Waals surface area contributed by atoms with Crippen molar-refractivity contribution in [1.82, 2.24) is 4.98 Å². The zero-order valence-electron chi connectivity index (χ0n) is 20.9. The number of pyridine rings is 1. The number of amides is 1. The molecule has 1 heterocycles. The first-order chi connectivity index (χ1) is 17.5. The van der Waals surface area contributed by atoms with Gasteiger partial charge in [0.25, 0.3) is 0 Å². The third-order valence-electron chi connectivity index (χ3n) is 6.24. The number of nitrogens with zero attached hydrogens (tertiary/aromatic N) is 2. The SMILES string of the molecule is COC(=O)c1cc(Oc2ncc(CCO)cc2C(F)(F)F)c(F)cc1N(C(=O)C1CCCCC1)C(C)C. The summed E-state index contributed by atoms with van der Waals surface area (Å²) in [6.07, 6.45) is 0.293. The summed E-state index contributed by atoms with van der Waals surface area (Å²) in [7, 11) is 1.10. The molecule has 7 nitrogen and oxygen atoms in total. The highest BCUT2D eigenvalue weighted by Crippen LogP contribution is 2.40. The number of carbonyl (C=O) groups is 2. The Bertz CT molecular complexity index is 1130. The summed E-state index contributed by atoms with van der Waals surface area (Å²) in [5.74, 6) is -4.14. The first-order valence-electron chi connectivity index (χ1n) is 12.1. The molecule has 1 aromatic heterocycles. The highest BCUT2D eigenvalue weighted by atomic mass is 19.4. The van der Waals surface area contributed by atoms with Crippen LogP contribution < -0.4 is 9.64 Å². The van der Waals surface area contributed by atoms with Gasteiger partial charge in [0.1, 0.15) is 5.56 Å². The number of methoxy groups -OCH3 is 1. The zero-order chi connectivity index (χ0) is 27.3. The third kappa shape index (κ3) is 6.57. The summed E-state index contributed by atoms with van der Waals surface area (Å²) in [6, 6.07) is 2.13. The van der Waals surface area contributed by atoms with Gasteiger partial charge < -0.3 is 19.5 Å². The second kappa shape index (κ2) is 11.9. The van der Waals surface area contributed by atoms with Gasteiger partial charge in [0.15, 0.2) is 11.6 Å². The van der Waals surface area contributed by atoms with Crippen LogP contribution in [-0.2, 0) is 22.1 Å². The lowest BCUT2D eigenvalue weighted by atomic mass is 9.87. The smallest absolute Gasteiger partial charge is 0.421 e. The minimum absolute atomic E-state index is 0.0513. The number of alkyl halides is 3. The van der Waals surface area contributed by atoms with Gasteiger partial charge in [0, 0.05) is 36.9 Å². The van der Waals surface area contributed by atoms with Crippen LogP contribution in [0, 0.1) is 11.7 Å². The van der Waals surface area contributed by atoms with Gasteiger partial charge in [-0.2, -0.15) is 13.2 Å². The number of aromatic nitrogens is 1. The Balaban J connectivity index is 2.08. The molecule has 11 heteroatoms. The Morgan fingerprint density at radius 3 is 2.41 bits per heavy atom. The fraction of sp³-hybridized carbons (Fsp3) is 0.500. The molecule has 0 aliphatic heterocycles. The van der Waals surface area contributed by atoms with Crippen LogP contribution in [0.2, 0.25) is 0 Å². The van der Waals surface area contributed by atoms with E-state index in [0.717, 1.165) is 50.8 Å². The first-order valence-corrected chi connectivity index (χ1v) is 12.1. The van der Waals surface area contributed by atoms with Crippen molar-refractivity contribution in [3.05, 3.63) is 46.9 Å². The summed E-state index contributed by atoms with van der Waals surface area (Å²) in [5, 5.41) is 9.03. The van der Waals surface area contributed by atoms with Crippen molar-refractivity contribution < 1.29 is 41.7 Å². The average Bonchev–Trinajstić information content (AvgIpc) is 2.85. The van der Waals surface area contributed by atoms with Crippen LogP contribution in [-0.4, -0.2) is 41.7 Å². The molecular formula is C26H30F4N2O5. The highest BCUT2D eigenvalue weighted by Gasteiger charge is 2.37. The molecule has 1 fully saturated rings. The minimum Gasteiger partial charge on any atom is -0.465 e. The van der Waals surface area contributed by atoms with Gasteiger partial charge in [-0.3, -0.25) is 4.79 Å². The molecule has 1 saturated carbocycles. The van der Waals surface area contributed by atoms with Crippen molar-refractivity contribution in [2.75, 3.05) is 18.6 Å². The lowest BCUT2D eigenvalue weighted by Crippen LogP contribution is -2.42. The number of rotatable bonds is 8. The molecule has 202 valence electrons. The molecule has 2 aromatic rings. The fourth-order valence-corrected chi connectivity index (χ4v) is 4.44. The van der Waals surface area contributed by atoms with E-state index in [-0.39, 0.29) is 41.7 Å². The van der Waals surface area contributed by atoms with Crippen molar-refractivity contribution in [3.8, 4) is 11.6 Å². The van der Waals surface area contributed by atoms with Crippen LogP contribution in [0.25, 0.3) is 0 Å². The molecule has 1 aliphatic rings. The number of halogens is 4. The van der Waals surface area contributed by atoms with Crippen LogP contribution in [0.4, 0.5) is 23.2 Å². The van der Waals surface area contributed by atoms with E-state index in [9.17, 15) is 22.8 Å². The molecular weight excluding hydrogens is 496 g/mol. The minimum atomic E-state index is -4.88. The molecule has 1 N–H and O–H groups in total. The molecule has 1 aromatic carbocycles. The zero-order valence-corrected chi connectivity index (χ0v) is 20.9. The van der Waals surface area contributed by atoms with Gasteiger partial charge in [-0.1, -0.05) is 19.3 Å². The molecule has 0 saturated heterocycles. The quantitative estimate of drug-likeness (QED) is 0.352. The van der Waals surface area contributed by atoms with E-state index in [0.29, 0.717) is 12.8 Å². The van der Waals surface area contributed by atoms with Gasteiger partial charge in [-0.25, -0.2) is 14.2 Å². The molecule has 0 spiro atoms. The predicted octanol–water partition coefficient (Wildman–Crippen LogP) is 5.67. The Morgan fingerprint density at radius 2 is 1.84 bits per heavy atom. The van der Waals surface area contributed by atoms with E-state index in [1.807, 2.05) is 0 Å². The van der Waals surface area contributed by atoms with Crippen molar-refractivity contribution in [1.29, 1.82) is 0 Å². The fourth-order valence-electron chi connectivity index (χ4n) is 4.44. The monoisotopic (exact) mass is 526 g/mol. The Kier molecular flexibility index (Phi) is 9.12. The summed E-state index contributed by atoms with van der Waals surface area (Å²) in [6.45, 7) is 3.05.